The Morgan fingerprint density at radius 3 is 1.72 bits per heavy atom. The minimum atomic E-state index is 0.539. The lowest BCUT2D eigenvalue weighted by molar-refractivity contribution is 0.669. The third-order valence-corrected chi connectivity index (χ3v) is 11.1. The maximum atomic E-state index is 6.66. The maximum absolute atomic E-state index is 6.66. The fourth-order valence-corrected chi connectivity index (χ4v) is 8.50. The molecule has 12 aromatic rings. The molecule has 0 aliphatic rings. The number of pyridine rings is 1. The van der Waals surface area contributed by atoms with Crippen LogP contribution in [0, 0.1) is 0 Å². The van der Waals surface area contributed by atoms with E-state index in [1.54, 1.807) is 0 Å². The molecule has 0 radical (unpaired) electrons. The summed E-state index contributed by atoms with van der Waals surface area (Å²) in [6.45, 7) is 0. The summed E-state index contributed by atoms with van der Waals surface area (Å²) in [4.78, 5) is 20.7. The molecule has 4 aromatic heterocycles. The fourth-order valence-electron chi connectivity index (χ4n) is 8.50. The normalized spacial score (nSPS) is 11.8. The van der Waals surface area contributed by atoms with E-state index >= 15 is 0 Å². The molecule has 12 rings (SSSR count). The van der Waals surface area contributed by atoms with Crippen LogP contribution in [0.3, 0.4) is 0 Å². The van der Waals surface area contributed by atoms with E-state index in [1.165, 1.54) is 0 Å². The molecule has 270 valence electrons. The Labute approximate surface area is 331 Å². The average molecular weight is 743 g/mol. The Balaban J connectivity index is 1.15. The molecule has 58 heavy (non-hydrogen) atoms. The van der Waals surface area contributed by atoms with Gasteiger partial charge in [-0.3, -0.25) is 0 Å². The van der Waals surface area contributed by atoms with Crippen molar-refractivity contribution >= 4 is 65.6 Å². The second-order valence-electron chi connectivity index (χ2n) is 14.5. The molecule has 0 unspecified atom stereocenters. The zero-order chi connectivity index (χ0) is 38.2. The Bertz CT molecular complexity index is 3570. The van der Waals surface area contributed by atoms with Gasteiger partial charge in [-0.05, 0) is 42.0 Å². The molecule has 0 amide bonds. The van der Waals surface area contributed by atoms with E-state index < -0.39 is 0 Å². The predicted molar refractivity (Wildman–Crippen MR) is 234 cm³/mol. The first kappa shape index (κ1) is 32.3. The third-order valence-electron chi connectivity index (χ3n) is 11.1. The predicted octanol–water partition coefficient (Wildman–Crippen LogP) is 13.7. The van der Waals surface area contributed by atoms with Gasteiger partial charge in [-0.2, -0.15) is 0 Å². The van der Waals surface area contributed by atoms with Crippen LogP contribution in [0.5, 0.6) is 0 Å². The number of hydrogen-bond donors (Lipinski definition) is 0. The molecule has 0 fully saturated rings. The van der Waals surface area contributed by atoms with Gasteiger partial charge < -0.3 is 8.83 Å². The molecule has 0 aliphatic heterocycles. The van der Waals surface area contributed by atoms with Gasteiger partial charge in [0.15, 0.2) is 17.5 Å². The second-order valence-corrected chi connectivity index (χ2v) is 14.5. The lowest BCUT2D eigenvalue weighted by Crippen LogP contribution is -2.00. The lowest BCUT2D eigenvalue weighted by Gasteiger charge is -2.16. The molecule has 6 heteroatoms. The standard InChI is InChI=1S/C52H30N4O2/c1-3-15-31(16-4-1)48-40-30-44-47(38-23-9-12-28-43(38)57-44)45(46(40)37-22-7-10-26-41(37)53-48)33-19-13-20-34(29-33)51-54-50(32-17-5-2-6-18-32)55-52(56-51)39-25-14-24-36-35-21-8-11-27-42(35)58-49(36)39/h1-30H. The Hall–Kier alpha value is -7.96. The van der Waals surface area contributed by atoms with Gasteiger partial charge in [-0.25, -0.2) is 19.9 Å². The van der Waals surface area contributed by atoms with Crippen molar-refractivity contribution in [3.63, 3.8) is 0 Å². The van der Waals surface area contributed by atoms with Gasteiger partial charge in [0.2, 0.25) is 0 Å². The van der Waals surface area contributed by atoms with E-state index in [-0.39, 0.29) is 0 Å². The first-order valence-electron chi connectivity index (χ1n) is 19.3. The lowest BCUT2D eigenvalue weighted by atomic mass is 9.89. The summed E-state index contributed by atoms with van der Waals surface area (Å²) < 4.78 is 13.1. The number of furan rings is 2. The van der Waals surface area contributed by atoms with Crippen molar-refractivity contribution in [2.75, 3.05) is 0 Å². The Morgan fingerprint density at radius 2 is 0.914 bits per heavy atom. The summed E-state index contributed by atoms with van der Waals surface area (Å²) in [5.74, 6) is 1.68. The quantitative estimate of drug-likeness (QED) is 0.163. The van der Waals surface area contributed by atoms with Crippen LogP contribution in [0.2, 0.25) is 0 Å². The van der Waals surface area contributed by atoms with E-state index in [9.17, 15) is 0 Å². The minimum Gasteiger partial charge on any atom is -0.456 e. The molecule has 0 atom stereocenters. The number of fused-ring (bicyclic) bond motifs is 9. The van der Waals surface area contributed by atoms with Gasteiger partial charge in [0.25, 0.3) is 0 Å². The van der Waals surface area contributed by atoms with Gasteiger partial charge >= 0.3 is 0 Å². The minimum absolute atomic E-state index is 0.539. The van der Waals surface area contributed by atoms with E-state index in [1.807, 2.05) is 78.9 Å². The number of aromatic nitrogens is 4. The highest BCUT2D eigenvalue weighted by molar-refractivity contribution is 6.27. The van der Waals surface area contributed by atoms with Crippen molar-refractivity contribution in [2.24, 2.45) is 0 Å². The molecule has 0 aliphatic carbocycles. The second kappa shape index (κ2) is 12.8. The van der Waals surface area contributed by atoms with E-state index in [0.717, 1.165) is 105 Å². The molecule has 6 nitrogen and oxygen atoms in total. The zero-order valence-electron chi connectivity index (χ0n) is 30.9. The summed E-state index contributed by atoms with van der Waals surface area (Å²) in [5.41, 5.74) is 10.7. The summed E-state index contributed by atoms with van der Waals surface area (Å²) >= 11 is 0. The molecule has 8 aromatic carbocycles. The van der Waals surface area contributed by atoms with Crippen molar-refractivity contribution in [3.8, 4) is 56.5 Å². The summed E-state index contributed by atoms with van der Waals surface area (Å²) in [5, 5.41) is 7.36. The molecule has 0 bridgehead atoms. The molecule has 0 spiro atoms. The fraction of sp³-hybridized carbons (Fsp3) is 0. The van der Waals surface area contributed by atoms with Crippen LogP contribution in [0.1, 0.15) is 0 Å². The maximum Gasteiger partial charge on any atom is 0.167 e. The Kier molecular flexibility index (Phi) is 7.13. The molecular weight excluding hydrogens is 713 g/mol. The van der Waals surface area contributed by atoms with E-state index in [4.69, 9.17) is 28.8 Å². The first-order valence-corrected chi connectivity index (χ1v) is 19.3. The smallest absolute Gasteiger partial charge is 0.167 e. The number of para-hydroxylation sites is 4. The topological polar surface area (TPSA) is 77.8 Å². The van der Waals surface area contributed by atoms with Crippen molar-refractivity contribution in [1.29, 1.82) is 0 Å². The average Bonchev–Trinajstić information content (AvgIpc) is 3.87. The highest BCUT2D eigenvalue weighted by Gasteiger charge is 2.23. The van der Waals surface area contributed by atoms with Gasteiger partial charge in [0.1, 0.15) is 22.3 Å². The molecule has 0 saturated heterocycles. The van der Waals surface area contributed by atoms with E-state index in [0.29, 0.717) is 17.5 Å². The highest BCUT2D eigenvalue weighted by atomic mass is 16.3. The number of benzene rings is 8. The van der Waals surface area contributed by atoms with Crippen LogP contribution in [0.4, 0.5) is 0 Å². The highest BCUT2D eigenvalue weighted by Crippen LogP contribution is 2.47. The van der Waals surface area contributed by atoms with Crippen LogP contribution in [0.15, 0.2) is 191 Å². The number of rotatable bonds is 5. The summed E-state index contributed by atoms with van der Waals surface area (Å²) in [6.07, 6.45) is 0. The summed E-state index contributed by atoms with van der Waals surface area (Å²) in [6, 6.07) is 62.1. The van der Waals surface area contributed by atoms with Crippen LogP contribution in [-0.2, 0) is 0 Å². The van der Waals surface area contributed by atoms with Crippen molar-refractivity contribution in [1.82, 2.24) is 19.9 Å². The molecule has 0 N–H and O–H groups in total. The van der Waals surface area contributed by atoms with E-state index in [2.05, 4.69) is 103 Å². The van der Waals surface area contributed by atoms with Crippen molar-refractivity contribution in [2.45, 2.75) is 0 Å². The summed E-state index contributed by atoms with van der Waals surface area (Å²) in [7, 11) is 0. The molecule has 4 heterocycles. The SMILES string of the molecule is c1ccc(-c2nc(-c3cccc(-c4c5c(cc6c(-c7ccccc7)nc7ccccc7c46)oc4ccccc45)c3)nc(-c3cccc4c3oc3ccccc34)n2)cc1. The first-order chi connectivity index (χ1) is 28.7. The van der Waals surface area contributed by atoms with Crippen LogP contribution >= 0.6 is 0 Å². The van der Waals surface area contributed by atoms with Crippen LogP contribution in [0.25, 0.3) is 122 Å². The Morgan fingerprint density at radius 1 is 0.328 bits per heavy atom. The van der Waals surface area contributed by atoms with Gasteiger partial charge in [-0.1, -0.05) is 146 Å². The van der Waals surface area contributed by atoms with Gasteiger partial charge in [0.05, 0.1) is 16.8 Å². The van der Waals surface area contributed by atoms with Crippen molar-refractivity contribution < 1.29 is 8.83 Å². The van der Waals surface area contributed by atoms with Crippen LogP contribution in [-0.4, -0.2) is 19.9 Å². The molecular formula is C52H30N4O2. The van der Waals surface area contributed by atoms with Gasteiger partial charge in [0, 0.05) is 60.0 Å². The van der Waals surface area contributed by atoms with Crippen LogP contribution < -0.4 is 0 Å². The third kappa shape index (κ3) is 5.05. The monoisotopic (exact) mass is 742 g/mol. The molecule has 0 saturated carbocycles. The van der Waals surface area contributed by atoms with Crippen molar-refractivity contribution in [3.05, 3.63) is 182 Å². The van der Waals surface area contributed by atoms with Gasteiger partial charge in [-0.15, -0.1) is 0 Å². The number of hydrogen-bond acceptors (Lipinski definition) is 6. The largest absolute Gasteiger partial charge is 0.456 e. The zero-order valence-corrected chi connectivity index (χ0v) is 30.9. The number of nitrogens with zero attached hydrogens (tertiary/aromatic N) is 4.